The minimum absolute atomic E-state index is 0.00980. The van der Waals surface area contributed by atoms with E-state index in [-0.39, 0.29) is 12.4 Å². The van der Waals surface area contributed by atoms with Crippen LogP contribution in [0.5, 0.6) is 5.88 Å². The molecule has 1 unspecified atom stereocenters. The van der Waals surface area contributed by atoms with E-state index in [1.807, 2.05) is 0 Å². The topological polar surface area (TPSA) is 61.6 Å². The first kappa shape index (κ1) is 25.2. The molecule has 0 aliphatic rings. The summed E-state index contributed by atoms with van der Waals surface area (Å²) < 4.78 is 128. The van der Waals surface area contributed by atoms with Crippen LogP contribution in [0.25, 0.3) is 0 Å². The van der Waals surface area contributed by atoms with Crippen molar-refractivity contribution in [3.63, 3.8) is 0 Å². The molecule has 5 nitrogen and oxygen atoms in total. The van der Waals surface area contributed by atoms with Crippen LogP contribution in [-0.4, -0.2) is 41.0 Å². The van der Waals surface area contributed by atoms with Crippen molar-refractivity contribution in [3.05, 3.63) is 11.8 Å². The van der Waals surface area contributed by atoms with Crippen molar-refractivity contribution >= 4 is 18.0 Å². The van der Waals surface area contributed by atoms with Crippen molar-refractivity contribution in [3.8, 4) is 5.88 Å². The van der Waals surface area contributed by atoms with E-state index in [9.17, 15) is 44.3 Å². The maximum Gasteiger partial charge on any atom is 0.460 e. The summed E-state index contributed by atoms with van der Waals surface area (Å²) in [5, 5.41) is -2.97. The lowest BCUT2D eigenvalue weighted by molar-refractivity contribution is -0.381. The highest BCUT2D eigenvalue weighted by Crippen LogP contribution is 2.56. The third kappa shape index (κ3) is 5.04. The fraction of sp³-hybridized carbons (Fsp3) is 0.714. The van der Waals surface area contributed by atoms with E-state index in [0.29, 0.717) is 6.07 Å². The second-order valence-corrected chi connectivity index (χ2v) is 6.72. The molecule has 1 atom stereocenters. The summed E-state index contributed by atoms with van der Waals surface area (Å²) in [7, 11) is 0. The molecule has 1 heterocycles. The molecule has 0 spiro atoms. The third-order valence-corrected chi connectivity index (χ3v) is 4.09. The van der Waals surface area contributed by atoms with Crippen molar-refractivity contribution in [1.82, 2.24) is 5.16 Å². The quantitative estimate of drug-likeness (QED) is 0.277. The molecule has 0 fully saturated rings. The van der Waals surface area contributed by atoms with Gasteiger partial charge in [-0.2, -0.15) is 39.5 Å². The van der Waals surface area contributed by atoms with Crippen molar-refractivity contribution < 1.29 is 57.8 Å². The van der Waals surface area contributed by atoms with E-state index in [1.54, 1.807) is 13.8 Å². The van der Waals surface area contributed by atoms with E-state index in [2.05, 4.69) is 13.9 Å². The van der Waals surface area contributed by atoms with Crippen LogP contribution in [-0.2, 0) is 9.53 Å². The highest BCUT2D eigenvalue weighted by atomic mass is 32.2. The van der Waals surface area contributed by atoms with Crippen molar-refractivity contribution in [1.29, 1.82) is 0 Å². The minimum Gasteiger partial charge on any atom is -0.465 e. The molecule has 0 radical (unpaired) electrons. The van der Waals surface area contributed by atoms with Crippen LogP contribution in [0.3, 0.4) is 0 Å². The lowest BCUT2D eigenvalue weighted by Crippen LogP contribution is -2.59. The average Bonchev–Trinajstić information content (AvgIpc) is 3.00. The number of hydrogen-bond acceptors (Lipinski definition) is 6. The van der Waals surface area contributed by atoms with Gasteiger partial charge in [0.05, 0.1) is 6.61 Å². The number of nitrogens with zero attached hydrogens (tertiary/aromatic N) is 1. The second kappa shape index (κ2) is 8.52. The molecule has 0 aliphatic carbocycles. The van der Waals surface area contributed by atoms with E-state index in [1.165, 1.54) is 6.92 Å². The van der Waals surface area contributed by atoms with Gasteiger partial charge in [-0.1, -0.05) is 13.8 Å². The molecule has 1 aromatic rings. The number of carbonyl (C=O) groups excluding carboxylic acids is 1. The zero-order valence-corrected chi connectivity index (χ0v) is 15.6. The fourth-order valence-corrected chi connectivity index (χ4v) is 2.42. The lowest BCUT2D eigenvalue weighted by Gasteiger charge is -2.32. The van der Waals surface area contributed by atoms with Gasteiger partial charge in [-0.15, -0.1) is 0 Å². The van der Waals surface area contributed by atoms with Crippen LogP contribution in [0.1, 0.15) is 32.4 Å². The molecule has 0 saturated carbocycles. The van der Waals surface area contributed by atoms with Crippen molar-refractivity contribution in [2.24, 2.45) is 5.92 Å². The number of carbonyl (C=O) groups is 1. The van der Waals surface area contributed by atoms with Gasteiger partial charge in [-0.05, 0) is 18.0 Å². The molecule has 15 heteroatoms. The predicted molar refractivity (Wildman–Crippen MR) is 79.8 cm³/mol. The van der Waals surface area contributed by atoms with Gasteiger partial charge in [0, 0.05) is 6.07 Å². The zero-order chi connectivity index (χ0) is 22.8. The largest absolute Gasteiger partial charge is 0.465 e. The Bertz CT molecular complexity index is 706. The van der Waals surface area contributed by atoms with Gasteiger partial charge in [-0.3, -0.25) is 4.79 Å². The number of rotatable bonds is 9. The van der Waals surface area contributed by atoms with Crippen LogP contribution in [0.15, 0.2) is 10.6 Å². The van der Waals surface area contributed by atoms with Crippen LogP contribution < -0.4 is 4.18 Å². The summed E-state index contributed by atoms with van der Waals surface area (Å²) in [6.07, 6.45) is -6.94. The highest BCUT2D eigenvalue weighted by Gasteiger charge is 2.82. The molecule has 0 aromatic carbocycles. The Kier molecular flexibility index (Phi) is 7.41. The number of ether oxygens (including phenoxy) is 1. The summed E-state index contributed by atoms with van der Waals surface area (Å²) in [6, 6.07) is 0.713. The van der Waals surface area contributed by atoms with Crippen molar-refractivity contribution in [2.75, 3.05) is 6.61 Å². The third-order valence-electron chi connectivity index (χ3n) is 3.37. The van der Waals surface area contributed by atoms with Gasteiger partial charge >= 0.3 is 29.2 Å². The first-order chi connectivity index (χ1) is 13.0. The van der Waals surface area contributed by atoms with Crippen LogP contribution in [0, 0.1) is 5.92 Å². The maximum atomic E-state index is 13.4. The zero-order valence-electron chi connectivity index (χ0n) is 14.8. The number of aromatic nitrogens is 1. The smallest absolute Gasteiger partial charge is 0.460 e. The first-order valence-corrected chi connectivity index (χ1v) is 8.42. The summed E-state index contributed by atoms with van der Waals surface area (Å²) in [6.45, 7) is 4.59. The van der Waals surface area contributed by atoms with E-state index in [4.69, 9.17) is 4.74 Å². The van der Waals surface area contributed by atoms with Gasteiger partial charge < -0.3 is 13.4 Å². The summed E-state index contributed by atoms with van der Waals surface area (Å²) >= 11 is -1.67. The Labute approximate surface area is 162 Å². The Morgan fingerprint density at radius 2 is 1.66 bits per heavy atom. The molecule has 0 N–H and O–H groups in total. The van der Waals surface area contributed by atoms with E-state index < -0.39 is 59.0 Å². The van der Waals surface area contributed by atoms with Crippen LogP contribution in [0.2, 0.25) is 0 Å². The highest BCUT2D eigenvalue weighted by molar-refractivity contribution is 7.96. The molecule has 1 aromatic heterocycles. The number of halogens is 9. The van der Waals surface area contributed by atoms with E-state index >= 15 is 0 Å². The molecule has 1 rings (SSSR count). The minimum atomic E-state index is -7.04. The van der Waals surface area contributed by atoms with E-state index in [0.717, 1.165) is 0 Å². The predicted octanol–water partition coefficient (Wildman–Crippen LogP) is 5.43. The van der Waals surface area contributed by atoms with Crippen molar-refractivity contribution in [2.45, 2.75) is 50.0 Å². The van der Waals surface area contributed by atoms with Gasteiger partial charge in [0.15, 0.2) is 5.76 Å². The average molecular weight is 463 g/mol. The lowest BCUT2D eigenvalue weighted by atomic mass is 9.93. The molecule has 29 heavy (non-hydrogen) atoms. The summed E-state index contributed by atoms with van der Waals surface area (Å²) in [4.78, 5) is 11.9. The van der Waals surface area contributed by atoms with Gasteiger partial charge in [-0.25, -0.2) is 0 Å². The monoisotopic (exact) mass is 463 g/mol. The molecule has 0 saturated heterocycles. The Morgan fingerprint density at radius 3 is 2.10 bits per heavy atom. The van der Waals surface area contributed by atoms with Crippen LogP contribution >= 0.6 is 12.0 Å². The standard InChI is InChI=1S/C14H14F9NO4S/c1-4-26-10(25)9(6(2)3)7-5-8(24-27-7)28-29-14(22,23)12(17,18)11(15,16)13(19,20)21/h5-6,9H,4H2,1-3H3. The second-order valence-electron chi connectivity index (χ2n) is 5.87. The molecule has 0 aliphatic heterocycles. The Balaban J connectivity index is 3.00. The van der Waals surface area contributed by atoms with Gasteiger partial charge in [0.1, 0.15) is 18.0 Å². The first-order valence-electron chi connectivity index (χ1n) is 7.68. The van der Waals surface area contributed by atoms with Crippen LogP contribution in [0.4, 0.5) is 39.5 Å². The normalized spacial score (nSPS) is 14.8. The number of alkyl halides is 9. The Hall–Kier alpha value is -1.80. The number of hydrogen-bond donors (Lipinski definition) is 0. The molecular formula is C14H14F9NO4S. The SMILES string of the molecule is CCOC(=O)C(c1cc(OSC(F)(F)C(F)(F)C(F)(F)C(F)(F)F)no1)C(C)C. The maximum absolute atomic E-state index is 13.4. The fourth-order valence-electron chi connectivity index (χ4n) is 1.91. The van der Waals surface area contributed by atoms with Gasteiger partial charge in [0.25, 0.3) is 5.88 Å². The molecule has 0 amide bonds. The molecule has 0 bridgehead atoms. The number of esters is 1. The molecular weight excluding hydrogens is 449 g/mol. The molecule has 168 valence electrons. The summed E-state index contributed by atoms with van der Waals surface area (Å²) in [5.74, 6) is -17.5. The Morgan fingerprint density at radius 1 is 1.10 bits per heavy atom. The van der Waals surface area contributed by atoms with Gasteiger partial charge in [0.2, 0.25) is 0 Å². The summed E-state index contributed by atoms with van der Waals surface area (Å²) in [5.41, 5.74) is 0.